The number of rotatable bonds is 5. The molecule has 2 N–H and O–H groups in total. The second-order valence-electron chi connectivity index (χ2n) is 8.05. The highest BCUT2D eigenvalue weighted by Crippen LogP contribution is 2.25. The van der Waals surface area contributed by atoms with E-state index in [2.05, 4.69) is 20.4 Å². The Morgan fingerprint density at radius 3 is 2.51 bits per heavy atom. The van der Waals surface area contributed by atoms with Gasteiger partial charge in [0.05, 0.1) is 17.3 Å². The number of para-hydroxylation sites is 1. The summed E-state index contributed by atoms with van der Waals surface area (Å²) in [7, 11) is 0. The summed E-state index contributed by atoms with van der Waals surface area (Å²) in [6, 6.07) is 23.3. The molecule has 1 amide bonds. The Bertz CT molecular complexity index is 1870. The maximum atomic E-state index is 13.1. The van der Waals surface area contributed by atoms with Gasteiger partial charge in [0.1, 0.15) is 17.1 Å². The smallest absolute Gasteiger partial charge is 0.292 e. The first-order chi connectivity index (χ1) is 18.0. The standard InChI is InChI=1S/C27H17N5O5/c33-20-15-23(37-21-10-5-4-9-17(20)21)26(35)29-24-13-19(22-11-6-12-36-22)31-32(24)27-28-18(14-25(34)30-27)16-7-2-1-3-8-16/h1-15H,(H,29,35)(H,28,30,34). The molecular formula is C27H17N5O5. The van der Waals surface area contributed by atoms with Crippen LogP contribution in [0.3, 0.4) is 0 Å². The van der Waals surface area contributed by atoms with E-state index < -0.39 is 11.5 Å². The summed E-state index contributed by atoms with van der Waals surface area (Å²) in [5.74, 6) is -0.194. The van der Waals surface area contributed by atoms with E-state index in [1.165, 1.54) is 17.0 Å². The van der Waals surface area contributed by atoms with Gasteiger partial charge in [-0.3, -0.25) is 19.4 Å². The number of aromatic nitrogens is 4. The van der Waals surface area contributed by atoms with Crippen LogP contribution in [0, 0.1) is 0 Å². The van der Waals surface area contributed by atoms with Gasteiger partial charge in [-0.15, -0.1) is 0 Å². The third kappa shape index (κ3) is 4.23. The quantitative estimate of drug-likeness (QED) is 0.368. The second kappa shape index (κ2) is 8.93. The summed E-state index contributed by atoms with van der Waals surface area (Å²) in [6.07, 6.45) is 1.49. The Morgan fingerprint density at radius 1 is 0.892 bits per heavy atom. The molecule has 10 nitrogen and oxygen atoms in total. The molecule has 180 valence electrons. The number of amides is 1. The van der Waals surface area contributed by atoms with Gasteiger partial charge < -0.3 is 14.2 Å². The highest BCUT2D eigenvalue weighted by atomic mass is 16.3. The maximum absolute atomic E-state index is 13.1. The van der Waals surface area contributed by atoms with Gasteiger partial charge in [-0.25, -0.2) is 4.98 Å². The number of hydrogen-bond acceptors (Lipinski definition) is 7. The summed E-state index contributed by atoms with van der Waals surface area (Å²) >= 11 is 0. The number of furan rings is 1. The number of nitrogens with zero attached hydrogens (tertiary/aromatic N) is 3. The Kier molecular flexibility index (Phi) is 5.31. The molecule has 37 heavy (non-hydrogen) atoms. The highest BCUT2D eigenvalue weighted by Gasteiger charge is 2.20. The van der Waals surface area contributed by atoms with Crippen molar-refractivity contribution in [2.24, 2.45) is 0 Å². The van der Waals surface area contributed by atoms with Crippen molar-refractivity contribution in [1.29, 1.82) is 0 Å². The fourth-order valence-electron chi connectivity index (χ4n) is 3.87. The molecule has 0 spiro atoms. The fraction of sp³-hybridized carbons (Fsp3) is 0. The molecule has 4 heterocycles. The SMILES string of the molecule is O=C(Nc1cc(-c2ccco2)nn1-c1nc(-c2ccccc2)cc(=O)[nH]1)c1cc(=O)c2ccccc2o1. The zero-order valence-electron chi connectivity index (χ0n) is 19.0. The number of carbonyl (C=O) groups is 1. The Morgan fingerprint density at radius 2 is 1.70 bits per heavy atom. The van der Waals surface area contributed by atoms with E-state index in [1.54, 1.807) is 42.5 Å². The van der Waals surface area contributed by atoms with E-state index in [4.69, 9.17) is 8.83 Å². The molecule has 0 bridgehead atoms. The largest absolute Gasteiger partial charge is 0.463 e. The van der Waals surface area contributed by atoms with E-state index in [-0.39, 0.29) is 28.5 Å². The topological polar surface area (TPSA) is 136 Å². The number of aromatic amines is 1. The molecule has 0 radical (unpaired) electrons. The van der Waals surface area contributed by atoms with Gasteiger partial charge in [-0.1, -0.05) is 42.5 Å². The third-order valence-electron chi connectivity index (χ3n) is 5.58. The molecule has 6 aromatic rings. The number of fused-ring (bicyclic) bond motifs is 1. The van der Waals surface area contributed by atoms with Crippen molar-refractivity contribution in [1.82, 2.24) is 19.7 Å². The van der Waals surface area contributed by atoms with Crippen molar-refractivity contribution in [3.63, 3.8) is 0 Å². The average molecular weight is 491 g/mol. The van der Waals surface area contributed by atoms with Gasteiger partial charge >= 0.3 is 0 Å². The van der Waals surface area contributed by atoms with Gasteiger partial charge in [-0.2, -0.15) is 9.78 Å². The molecule has 0 aliphatic rings. The summed E-state index contributed by atoms with van der Waals surface area (Å²) in [5, 5.41) is 7.56. The van der Waals surface area contributed by atoms with E-state index in [1.807, 2.05) is 30.3 Å². The Labute approximate surface area is 207 Å². The summed E-state index contributed by atoms with van der Waals surface area (Å²) < 4.78 is 12.4. The molecule has 4 aromatic heterocycles. The monoisotopic (exact) mass is 491 g/mol. The molecule has 10 heteroatoms. The first-order valence-electron chi connectivity index (χ1n) is 11.2. The van der Waals surface area contributed by atoms with Crippen LogP contribution >= 0.6 is 0 Å². The van der Waals surface area contributed by atoms with Crippen molar-refractivity contribution < 1.29 is 13.6 Å². The van der Waals surface area contributed by atoms with Crippen LogP contribution in [0.4, 0.5) is 5.82 Å². The van der Waals surface area contributed by atoms with Crippen molar-refractivity contribution >= 4 is 22.7 Å². The minimum Gasteiger partial charge on any atom is -0.463 e. The van der Waals surface area contributed by atoms with E-state index >= 15 is 0 Å². The molecule has 0 aliphatic heterocycles. The molecule has 0 aliphatic carbocycles. The predicted octanol–water partition coefficient (Wildman–Crippen LogP) is 4.24. The Balaban J connectivity index is 1.44. The van der Waals surface area contributed by atoms with Gasteiger partial charge in [0.2, 0.25) is 5.95 Å². The maximum Gasteiger partial charge on any atom is 0.292 e. The zero-order chi connectivity index (χ0) is 25.4. The van der Waals surface area contributed by atoms with E-state index in [0.717, 1.165) is 11.6 Å². The molecule has 0 saturated heterocycles. The molecule has 0 unspecified atom stereocenters. The molecule has 0 atom stereocenters. The van der Waals surface area contributed by atoms with Crippen molar-refractivity contribution in [2.75, 3.05) is 5.32 Å². The number of nitrogens with one attached hydrogen (secondary N) is 2. The second-order valence-corrected chi connectivity index (χ2v) is 8.05. The average Bonchev–Trinajstić information content (AvgIpc) is 3.59. The number of H-pyrrole nitrogens is 1. The van der Waals surface area contributed by atoms with E-state index in [9.17, 15) is 14.4 Å². The van der Waals surface area contributed by atoms with Crippen LogP contribution in [0.5, 0.6) is 0 Å². The van der Waals surface area contributed by atoms with Crippen LogP contribution in [0.15, 0.2) is 110 Å². The first-order valence-corrected chi connectivity index (χ1v) is 11.2. The normalized spacial score (nSPS) is 11.0. The van der Waals surface area contributed by atoms with E-state index in [0.29, 0.717) is 22.5 Å². The third-order valence-corrected chi connectivity index (χ3v) is 5.58. The van der Waals surface area contributed by atoms with Crippen LogP contribution in [0.2, 0.25) is 0 Å². The minimum atomic E-state index is -0.684. The molecule has 0 saturated carbocycles. The summed E-state index contributed by atoms with van der Waals surface area (Å²) in [6.45, 7) is 0. The lowest BCUT2D eigenvalue weighted by molar-refractivity contribution is 0.0996. The first kappa shape index (κ1) is 22.0. The van der Waals surface area contributed by atoms with Crippen LogP contribution in [-0.4, -0.2) is 25.7 Å². The Hall–Kier alpha value is -5.51. The predicted molar refractivity (Wildman–Crippen MR) is 136 cm³/mol. The zero-order valence-corrected chi connectivity index (χ0v) is 19.0. The molecule has 2 aromatic carbocycles. The summed E-state index contributed by atoms with van der Waals surface area (Å²) in [5.41, 5.74) is 1.07. The fourth-order valence-corrected chi connectivity index (χ4v) is 3.87. The lowest BCUT2D eigenvalue weighted by atomic mass is 10.1. The van der Waals surface area contributed by atoms with Gasteiger partial charge in [0.15, 0.2) is 16.9 Å². The summed E-state index contributed by atoms with van der Waals surface area (Å²) in [4.78, 5) is 45.4. The lowest BCUT2D eigenvalue weighted by Gasteiger charge is -2.09. The minimum absolute atomic E-state index is 0.0689. The molecule has 0 fully saturated rings. The molecular weight excluding hydrogens is 474 g/mol. The van der Waals surface area contributed by atoms with Crippen LogP contribution in [0.25, 0.3) is 39.6 Å². The van der Waals surface area contributed by atoms with Crippen LogP contribution in [0.1, 0.15) is 10.6 Å². The lowest BCUT2D eigenvalue weighted by Crippen LogP contribution is -2.19. The van der Waals surface area contributed by atoms with Gasteiger partial charge in [-0.05, 0) is 24.3 Å². The number of carbonyl (C=O) groups excluding carboxylic acids is 1. The van der Waals surface area contributed by atoms with Crippen LogP contribution in [-0.2, 0) is 0 Å². The highest BCUT2D eigenvalue weighted by molar-refractivity contribution is 6.02. The van der Waals surface area contributed by atoms with Crippen LogP contribution < -0.4 is 16.3 Å². The van der Waals surface area contributed by atoms with Crippen molar-refractivity contribution in [3.8, 4) is 28.7 Å². The van der Waals surface area contributed by atoms with Crippen molar-refractivity contribution in [2.45, 2.75) is 0 Å². The van der Waals surface area contributed by atoms with Gasteiger partial charge in [0.25, 0.3) is 11.5 Å². The number of benzene rings is 2. The number of hydrogen-bond donors (Lipinski definition) is 2. The molecule has 6 rings (SSSR count). The van der Waals surface area contributed by atoms with Gasteiger partial charge in [0, 0.05) is 23.8 Å². The van der Waals surface area contributed by atoms with Crippen molar-refractivity contribution in [3.05, 3.63) is 118 Å². The number of anilines is 1.